The molecular weight excluding hydrogens is 162 g/mol. The fourth-order valence-corrected chi connectivity index (χ4v) is 3.78. The lowest BCUT2D eigenvalue weighted by Gasteiger charge is -2.33. The van der Waals surface area contributed by atoms with Crippen LogP contribution in [0.3, 0.4) is 0 Å². The van der Waals surface area contributed by atoms with Gasteiger partial charge in [-0.05, 0) is 38.6 Å². The van der Waals surface area contributed by atoms with Gasteiger partial charge in [0.15, 0.2) is 0 Å². The van der Waals surface area contributed by atoms with Gasteiger partial charge in [-0.15, -0.1) is 0 Å². The maximum absolute atomic E-state index is 5.80. The second-order valence-corrected chi connectivity index (χ2v) is 4.84. The molecule has 0 unspecified atom stereocenters. The van der Waals surface area contributed by atoms with E-state index < -0.39 is 0 Å². The summed E-state index contributed by atoms with van der Waals surface area (Å²) in [5.41, 5.74) is 0.551. The molecule has 74 valence electrons. The van der Waals surface area contributed by atoms with Crippen LogP contribution in [0.5, 0.6) is 0 Å². The second-order valence-electron chi connectivity index (χ2n) is 4.84. The molecule has 0 aromatic carbocycles. The Morgan fingerprint density at radius 1 is 1.54 bits per heavy atom. The lowest BCUT2D eigenvalue weighted by molar-refractivity contribution is 0.102. The fourth-order valence-electron chi connectivity index (χ4n) is 3.78. The smallest absolute Gasteiger partial charge is 0.0748 e. The first-order chi connectivity index (χ1) is 6.36. The number of ether oxygens (including phenoxy) is 1. The van der Waals surface area contributed by atoms with Crippen molar-refractivity contribution in [1.82, 2.24) is 4.90 Å². The van der Waals surface area contributed by atoms with Gasteiger partial charge in [0.1, 0.15) is 0 Å². The summed E-state index contributed by atoms with van der Waals surface area (Å²) < 4.78 is 5.80. The van der Waals surface area contributed by atoms with Gasteiger partial charge in [0.05, 0.1) is 6.10 Å². The fraction of sp³-hybridized carbons (Fsp3) is 1.00. The van der Waals surface area contributed by atoms with Gasteiger partial charge in [0.25, 0.3) is 0 Å². The minimum Gasteiger partial charge on any atom is -0.376 e. The van der Waals surface area contributed by atoms with Crippen molar-refractivity contribution in [3.63, 3.8) is 0 Å². The van der Waals surface area contributed by atoms with Crippen molar-refractivity contribution in [2.75, 3.05) is 13.2 Å². The summed E-state index contributed by atoms with van der Waals surface area (Å²) in [5.74, 6) is 0. The first-order valence-corrected chi connectivity index (χ1v) is 5.74. The summed E-state index contributed by atoms with van der Waals surface area (Å²) in [5, 5.41) is 0. The first kappa shape index (κ1) is 8.25. The Balaban J connectivity index is 1.89. The quantitative estimate of drug-likeness (QED) is 0.611. The van der Waals surface area contributed by atoms with E-state index in [9.17, 15) is 0 Å². The summed E-state index contributed by atoms with van der Waals surface area (Å²) in [7, 11) is 0. The van der Waals surface area contributed by atoms with Gasteiger partial charge < -0.3 is 4.74 Å². The van der Waals surface area contributed by atoms with Crippen LogP contribution < -0.4 is 0 Å². The van der Waals surface area contributed by atoms with E-state index in [4.69, 9.17) is 4.74 Å². The van der Waals surface area contributed by atoms with Crippen molar-refractivity contribution in [1.29, 1.82) is 0 Å². The van der Waals surface area contributed by atoms with E-state index >= 15 is 0 Å². The zero-order valence-corrected chi connectivity index (χ0v) is 8.46. The van der Waals surface area contributed by atoms with Gasteiger partial charge in [-0.3, -0.25) is 4.90 Å². The van der Waals surface area contributed by atoms with Gasteiger partial charge in [0.2, 0.25) is 0 Å². The summed E-state index contributed by atoms with van der Waals surface area (Å²) >= 11 is 0. The van der Waals surface area contributed by atoms with Crippen molar-refractivity contribution in [3.8, 4) is 0 Å². The summed E-state index contributed by atoms with van der Waals surface area (Å²) in [4.78, 5) is 2.77. The number of nitrogens with zero attached hydrogens (tertiary/aromatic N) is 1. The SMILES string of the molecule is CC[C@]12CCCN1[C@H]1CCO[C@H]1C2. The molecule has 0 aromatic rings. The van der Waals surface area contributed by atoms with Crippen LogP contribution in [0, 0.1) is 0 Å². The van der Waals surface area contributed by atoms with E-state index in [1.54, 1.807) is 0 Å². The van der Waals surface area contributed by atoms with Gasteiger partial charge >= 0.3 is 0 Å². The highest BCUT2D eigenvalue weighted by Gasteiger charge is 2.54. The molecule has 2 nitrogen and oxygen atoms in total. The van der Waals surface area contributed by atoms with Crippen molar-refractivity contribution in [3.05, 3.63) is 0 Å². The minimum absolute atomic E-state index is 0.551. The maximum Gasteiger partial charge on any atom is 0.0748 e. The Hall–Kier alpha value is -0.0800. The molecule has 3 atom stereocenters. The number of hydrogen-bond donors (Lipinski definition) is 0. The molecule has 3 fully saturated rings. The monoisotopic (exact) mass is 181 g/mol. The van der Waals surface area contributed by atoms with Crippen LogP contribution in [0.2, 0.25) is 0 Å². The molecule has 0 N–H and O–H groups in total. The van der Waals surface area contributed by atoms with Crippen LogP contribution in [0.15, 0.2) is 0 Å². The van der Waals surface area contributed by atoms with Crippen LogP contribution in [0.4, 0.5) is 0 Å². The van der Waals surface area contributed by atoms with E-state index in [0.29, 0.717) is 11.6 Å². The Bertz CT molecular complexity index is 218. The average Bonchev–Trinajstić information content (AvgIpc) is 2.72. The molecular formula is C11H19NO. The molecule has 0 saturated carbocycles. The molecule has 13 heavy (non-hydrogen) atoms. The number of rotatable bonds is 1. The Labute approximate surface area is 80.2 Å². The molecule has 0 aliphatic carbocycles. The van der Waals surface area contributed by atoms with Gasteiger partial charge in [-0.25, -0.2) is 0 Å². The molecule has 0 aromatic heterocycles. The third-order valence-electron chi connectivity index (χ3n) is 4.46. The molecule has 0 bridgehead atoms. The average molecular weight is 181 g/mol. The highest BCUT2D eigenvalue weighted by Crippen LogP contribution is 2.48. The van der Waals surface area contributed by atoms with Crippen LogP contribution in [-0.4, -0.2) is 35.7 Å². The van der Waals surface area contributed by atoms with Crippen LogP contribution in [0.25, 0.3) is 0 Å². The molecule has 3 saturated heterocycles. The summed E-state index contributed by atoms with van der Waals surface area (Å²) in [6, 6.07) is 0.780. The van der Waals surface area contributed by atoms with E-state index in [1.165, 1.54) is 38.6 Å². The summed E-state index contributed by atoms with van der Waals surface area (Å²) in [6.45, 7) is 4.68. The molecule has 0 spiro atoms. The standard InChI is InChI=1S/C11H19NO/c1-2-11-5-3-6-12(11)9-4-7-13-10(9)8-11/h9-10H,2-8H2,1H3/t9-,10-,11+/m0/s1. The number of fused-ring (bicyclic) bond motifs is 3. The van der Waals surface area contributed by atoms with Crippen molar-refractivity contribution in [2.45, 2.75) is 56.7 Å². The Morgan fingerprint density at radius 2 is 2.46 bits per heavy atom. The van der Waals surface area contributed by atoms with E-state index in [-0.39, 0.29) is 0 Å². The molecule has 0 radical (unpaired) electrons. The third-order valence-corrected chi connectivity index (χ3v) is 4.46. The van der Waals surface area contributed by atoms with Crippen molar-refractivity contribution < 1.29 is 4.74 Å². The lowest BCUT2D eigenvalue weighted by Crippen LogP contribution is -2.41. The van der Waals surface area contributed by atoms with Crippen molar-refractivity contribution in [2.24, 2.45) is 0 Å². The zero-order valence-electron chi connectivity index (χ0n) is 8.46. The molecule has 3 aliphatic rings. The van der Waals surface area contributed by atoms with Gasteiger partial charge in [-0.1, -0.05) is 6.92 Å². The normalized spacial score (nSPS) is 49.6. The predicted molar refractivity (Wildman–Crippen MR) is 51.7 cm³/mol. The van der Waals surface area contributed by atoms with Crippen LogP contribution in [-0.2, 0) is 4.74 Å². The molecule has 3 aliphatic heterocycles. The largest absolute Gasteiger partial charge is 0.376 e. The molecule has 0 amide bonds. The summed E-state index contributed by atoms with van der Waals surface area (Å²) in [6.07, 6.45) is 7.33. The third kappa shape index (κ3) is 0.962. The predicted octanol–water partition coefficient (Wildman–Crippen LogP) is 1.79. The topological polar surface area (TPSA) is 12.5 Å². The van der Waals surface area contributed by atoms with E-state index in [2.05, 4.69) is 11.8 Å². The molecule has 3 rings (SSSR count). The first-order valence-electron chi connectivity index (χ1n) is 5.74. The Kier molecular flexibility index (Phi) is 1.72. The van der Waals surface area contributed by atoms with Crippen LogP contribution >= 0.6 is 0 Å². The van der Waals surface area contributed by atoms with E-state index in [0.717, 1.165) is 12.6 Å². The lowest BCUT2D eigenvalue weighted by atomic mass is 9.90. The minimum atomic E-state index is 0.551. The van der Waals surface area contributed by atoms with Crippen LogP contribution in [0.1, 0.15) is 39.0 Å². The maximum atomic E-state index is 5.80. The highest BCUT2D eigenvalue weighted by molar-refractivity contribution is 5.09. The zero-order chi connectivity index (χ0) is 8.89. The van der Waals surface area contributed by atoms with Gasteiger partial charge in [0, 0.05) is 18.2 Å². The number of hydrogen-bond acceptors (Lipinski definition) is 2. The van der Waals surface area contributed by atoms with Crippen molar-refractivity contribution >= 4 is 0 Å². The Morgan fingerprint density at radius 3 is 3.31 bits per heavy atom. The molecule has 2 heteroatoms. The van der Waals surface area contributed by atoms with E-state index in [1.807, 2.05) is 0 Å². The highest BCUT2D eigenvalue weighted by atomic mass is 16.5. The van der Waals surface area contributed by atoms with Gasteiger partial charge in [-0.2, -0.15) is 0 Å². The second kappa shape index (κ2) is 2.71. The molecule has 3 heterocycles.